The highest BCUT2D eigenvalue weighted by Gasteiger charge is 2.12. The molecule has 1 aromatic rings. The SMILES string of the molecule is C=CCNC(C)c1ccc2c(c1)OCCCO2. The van der Waals surface area contributed by atoms with Crippen LogP contribution in [0.4, 0.5) is 0 Å². The number of benzene rings is 1. The highest BCUT2D eigenvalue weighted by atomic mass is 16.5. The van der Waals surface area contributed by atoms with Crippen molar-refractivity contribution in [3.05, 3.63) is 36.4 Å². The van der Waals surface area contributed by atoms with Gasteiger partial charge in [0, 0.05) is 19.0 Å². The number of fused-ring (bicyclic) bond motifs is 1. The van der Waals surface area contributed by atoms with E-state index in [9.17, 15) is 0 Å². The van der Waals surface area contributed by atoms with Crippen molar-refractivity contribution in [2.24, 2.45) is 0 Å². The van der Waals surface area contributed by atoms with Gasteiger partial charge >= 0.3 is 0 Å². The van der Waals surface area contributed by atoms with Gasteiger partial charge in [-0.25, -0.2) is 0 Å². The maximum atomic E-state index is 5.67. The van der Waals surface area contributed by atoms with Crippen LogP contribution in [0.5, 0.6) is 11.5 Å². The lowest BCUT2D eigenvalue weighted by Gasteiger charge is -2.15. The van der Waals surface area contributed by atoms with Gasteiger partial charge in [-0.3, -0.25) is 0 Å². The minimum Gasteiger partial charge on any atom is -0.490 e. The lowest BCUT2D eigenvalue weighted by Crippen LogP contribution is -2.18. The van der Waals surface area contributed by atoms with Gasteiger partial charge in [0.25, 0.3) is 0 Å². The molecule has 0 bridgehead atoms. The Hall–Kier alpha value is -1.48. The first-order valence-electron chi connectivity index (χ1n) is 6.05. The molecule has 0 aliphatic carbocycles. The average Bonchev–Trinajstić information content (AvgIpc) is 2.60. The van der Waals surface area contributed by atoms with E-state index in [1.807, 2.05) is 12.1 Å². The fraction of sp³-hybridized carbons (Fsp3) is 0.429. The van der Waals surface area contributed by atoms with E-state index in [1.54, 1.807) is 0 Å². The second kappa shape index (κ2) is 5.73. The molecule has 0 amide bonds. The van der Waals surface area contributed by atoms with Crippen LogP contribution < -0.4 is 14.8 Å². The molecule has 1 N–H and O–H groups in total. The van der Waals surface area contributed by atoms with E-state index in [2.05, 4.69) is 31.0 Å². The minimum absolute atomic E-state index is 0.283. The van der Waals surface area contributed by atoms with Crippen molar-refractivity contribution in [1.82, 2.24) is 5.32 Å². The van der Waals surface area contributed by atoms with Crippen molar-refractivity contribution >= 4 is 0 Å². The van der Waals surface area contributed by atoms with Crippen molar-refractivity contribution in [3.63, 3.8) is 0 Å². The van der Waals surface area contributed by atoms with E-state index >= 15 is 0 Å². The van der Waals surface area contributed by atoms with Crippen LogP contribution in [0.2, 0.25) is 0 Å². The molecule has 0 aromatic heterocycles. The quantitative estimate of drug-likeness (QED) is 0.811. The zero-order valence-electron chi connectivity index (χ0n) is 10.2. The number of hydrogen-bond donors (Lipinski definition) is 1. The van der Waals surface area contributed by atoms with Crippen molar-refractivity contribution in [2.75, 3.05) is 19.8 Å². The first kappa shape index (κ1) is 12.0. The average molecular weight is 233 g/mol. The lowest BCUT2D eigenvalue weighted by atomic mass is 10.1. The molecule has 1 aromatic carbocycles. The van der Waals surface area contributed by atoms with E-state index in [4.69, 9.17) is 9.47 Å². The Bertz CT molecular complexity index is 390. The predicted molar refractivity (Wildman–Crippen MR) is 68.7 cm³/mol. The first-order valence-corrected chi connectivity index (χ1v) is 6.05. The molecular weight excluding hydrogens is 214 g/mol. The largest absolute Gasteiger partial charge is 0.490 e. The number of hydrogen-bond acceptors (Lipinski definition) is 3. The van der Waals surface area contributed by atoms with Crippen LogP contribution in [0.1, 0.15) is 24.9 Å². The van der Waals surface area contributed by atoms with Gasteiger partial charge in [-0.05, 0) is 24.6 Å². The summed E-state index contributed by atoms with van der Waals surface area (Å²) in [5.74, 6) is 1.70. The topological polar surface area (TPSA) is 30.5 Å². The first-order chi connectivity index (χ1) is 8.31. The van der Waals surface area contributed by atoms with Crippen LogP contribution in [-0.2, 0) is 0 Å². The Morgan fingerprint density at radius 1 is 1.35 bits per heavy atom. The van der Waals surface area contributed by atoms with Crippen LogP contribution in [0.25, 0.3) is 0 Å². The van der Waals surface area contributed by atoms with E-state index in [0.717, 1.165) is 37.7 Å². The third kappa shape index (κ3) is 3.01. The molecule has 1 aliphatic heterocycles. The maximum absolute atomic E-state index is 5.67. The molecule has 0 radical (unpaired) electrons. The molecule has 0 fully saturated rings. The van der Waals surface area contributed by atoms with Crippen LogP contribution in [0.15, 0.2) is 30.9 Å². The molecule has 0 saturated heterocycles. The predicted octanol–water partition coefficient (Wildman–Crippen LogP) is 2.68. The summed E-state index contributed by atoms with van der Waals surface area (Å²) in [4.78, 5) is 0. The van der Waals surface area contributed by atoms with Gasteiger partial charge in [0.05, 0.1) is 13.2 Å². The second-order valence-corrected chi connectivity index (χ2v) is 4.18. The number of rotatable bonds is 4. The molecule has 0 spiro atoms. The summed E-state index contributed by atoms with van der Waals surface area (Å²) in [5, 5.41) is 3.36. The van der Waals surface area contributed by atoms with Gasteiger partial charge in [0.1, 0.15) is 0 Å². The van der Waals surface area contributed by atoms with E-state index in [0.29, 0.717) is 0 Å². The van der Waals surface area contributed by atoms with Crippen molar-refractivity contribution < 1.29 is 9.47 Å². The van der Waals surface area contributed by atoms with Crippen LogP contribution >= 0.6 is 0 Å². The van der Waals surface area contributed by atoms with Gasteiger partial charge in [-0.1, -0.05) is 12.1 Å². The molecule has 0 saturated carbocycles. The van der Waals surface area contributed by atoms with Gasteiger partial charge < -0.3 is 14.8 Å². The van der Waals surface area contributed by atoms with Gasteiger partial charge in [0.15, 0.2) is 11.5 Å². The second-order valence-electron chi connectivity index (χ2n) is 4.18. The Morgan fingerprint density at radius 3 is 2.88 bits per heavy atom. The number of ether oxygens (including phenoxy) is 2. The fourth-order valence-electron chi connectivity index (χ4n) is 1.83. The van der Waals surface area contributed by atoms with Gasteiger partial charge in [0.2, 0.25) is 0 Å². The van der Waals surface area contributed by atoms with E-state index < -0.39 is 0 Å². The molecule has 92 valence electrons. The minimum atomic E-state index is 0.283. The lowest BCUT2D eigenvalue weighted by molar-refractivity contribution is 0.297. The molecule has 3 heteroatoms. The number of nitrogens with one attached hydrogen (secondary N) is 1. The Labute approximate surface area is 102 Å². The van der Waals surface area contributed by atoms with E-state index in [-0.39, 0.29) is 6.04 Å². The summed E-state index contributed by atoms with van der Waals surface area (Å²) < 4.78 is 11.3. The highest BCUT2D eigenvalue weighted by Crippen LogP contribution is 2.32. The highest BCUT2D eigenvalue weighted by molar-refractivity contribution is 5.44. The molecular formula is C14H19NO2. The summed E-state index contributed by atoms with van der Waals surface area (Å²) in [6, 6.07) is 6.41. The van der Waals surface area contributed by atoms with Crippen LogP contribution in [-0.4, -0.2) is 19.8 Å². The normalized spacial score (nSPS) is 16.1. The maximum Gasteiger partial charge on any atom is 0.161 e. The monoisotopic (exact) mass is 233 g/mol. The third-order valence-corrected chi connectivity index (χ3v) is 2.84. The molecule has 1 aliphatic rings. The molecule has 1 unspecified atom stereocenters. The zero-order chi connectivity index (χ0) is 12.1. The fourth-order valence-corrected chi connectivity index (χ4v) is 1.83. The zero-order valence-corrected chi connectivity index (χ0v) is 10.2. The van der Waals surface area contributed by atoms with Crippen molar-refractivity contribution in [2.45, 2.75) is 19.4 Å². The Kier molecular flexibility index (Phi) is 4.04. The Balaban J connectivity index is 2.14. The molecule has 3 nitrogen and oxygen atoms in total. The molecule has 1 atom stereocenters. The van der Waals surface area contributed by atoms with Gasteiger partial charge in [-0.15, -0.1) is 6.58 Å². The summed E-state index contributed by atoms with van der Waals surface area (Å²) in [6.45, 7) is 8.09. The molecule has 1 heterocycles. The third-order valence-electron chi connectivity index (χ3n) is 2.84. The summed E-state index contributed by atoms with van der Waals surface area (Å²) in [5.41, 5.74) is 1.20. The smallest absolute Gasteiger partial charge is 0.161 e. The summed E-state index contributed by atoms with van der Waals surface area (Å²) in [7, 11) is 0. The van der Waals surface area contributed by atoms with E-state index in [1.165, 1.54) is 5.56 Å². The van der Waals surface area contributed by atoms with Gasteiger partial charge in [-0.2, -0.15) is 0 Å². The summed E-state index contributed by atoms with van der Waals surface area (Å²) in [6.07, 6.45) is 2.80. The summed E-state index contributed by atoms with van der Waals surface area (Å²) >= 11 is 0. The Morgan fingerprint density at radius 2 is 2.12 bits per heavy atom. The van der Waals surface area contributed by atoms with Crippen molar-refractivity contribution in [1.29, 1.82) is 0 Å². The molecule has 17 heavy (non-hydrogen) atoms. The standard InChI is InChI=1S/C14H19NO2/c1-3-7-15-11(2)12-5-6-13-14(10-12)17-9-4-8-16-13/h3,5-6,10-11,15H,1,4,7-9H2,2H3. The van der Waals surface area contributed by atoms with Crippen LogP contribution in [0, 0.1) is 0 Å². The van der Waals surface area contributed by atoms with Crippen LogP contribution in [0.3, 0.4) is 0 Å². The molecule has 2 rings (SSSR count). The van der Waals surface area contributed by atoms with Crippen molar-refractivity contribution in [3.8, 4) is 11.5 Å².